The van der Waals surface area contributed by atoms with E-state index in [1.54, 1.807) is 12.1 Å². The summed E-state index contributed by atoms with van der Waals surface area (Å²) in [6, 6.07) is 13.7. The first kappa shape index (κ1) is 39.4. The predicted octanol–water partition coefficient (Wildman–Crippen LogP) is 5.55. The summed E-state index contributed by atoms with van der Waals surface area (Å²) in [6.45, 7) is 10.8. The second kappa shape index (κ2) is 16.8. The molecule has 2 aromatic rings. The van der Waals surface area contributed by atoms with Crippen molar-refractivity contribution in [2.75, 3.05) is 84.0 Å². The fourth-order valence-corrected chi connectivity index (χ4v) is 10.4. The zero-order chi connectivity index (χ0) is 39.0. The number of ether oxygens (including phenoxy) is 4. The van der Waals surface area contributed by atoms with Crippen molar-refractivity contribution in [3.8, 4) is 5.75 Å². The number of carbonyl (C=O) groups excluding carboxylic acids is 2. The number of anilines is 1. The number of fused-ring (bicyclic) bond motifs is 8. The van der Waals surface area contributed by atoms with Crippen molar-refractivity contribution >= 4 is 29.2 Å². The van der Waals surface area contributed by atoms with Crippen LogP contribution in [0.15, 0.2) is 59.9 Å². The molecule has 2 aromatic carbocycles. The maximum Gasteiger partial charge on any atom is 0.340 e. The van der Waals surface area contributed by atoms with Gasteiger partial charge in [0.15, 0.2) is 5.60 Å². The molecule has 6 heterocycles. The molecular weight excluding hydrogens is 730 g/mol. The number of alkyl halides is 1. The topological polar surface area (TPSA) is 96.1 Å². The lowest BCUT2D eigenvalue weighted by atomic mass is 9.75. The van der Waals surface area contributed by atoms with Crippen molar-refractivity contribution in [2.24, 2.45) is 0 Å². The summed E-state index contributed by atoms with van der Waals surface area (Å²) in [7, 11) is 4.39. The molecule has 0 aromatic heterocycles. The number of amides is 1. The molecule has 0 aliphatic carbocycles. The van der Waals surface area contributed by atoms with Crippen LogP contribution in [0, 0.1) is 0 Å². The monoisotopic (exact) mass is 787 g/mol. The number of hydrogen-bond acceptors (Lipinski definition) is 10. The first-order chi connectivity index (χ1) is 27.2. The summed E-state index contributed by atoms with van der Waals surface area (Å²) in [6.07, 6.45) is 10.9. The molecule has 1 N–H and O–H groups in total. The Balaban J connectivity index is 1.04. The van der Waals surface area contributed by atoms with Crippen LogP contribution in [0.4, 0.5) is 5.69 Å². The van der Waals surface area contributed by atoms with E-state index >= 15 is 0 Å². The third kappa shape index (κ3) is 7.39. The number of benzene rings is 2. The van der Waals surface area contributed by atoms with Gasteiger partial charge in [-0.1, -0.05) is 18.9 Å². The van der Waals surface area contributed by atoms with Gasteiger partial charge in [0.25, 0.3) is 5.91 Å². The number of likely N-dealkylation sites (N-methyl/N-ethyl adjacent to an activating group) is 2. The average Bonchev–Trinajstić information content (AvgIpc) is 3.45. The Hall–Kier alpha value is -3.45. The molecule has 6 aliphatic heterocycles. The molecule has 0 saturated carbocycles. The molecule has 302 valence electrons. The molecule has 4 saturated heterocycles. The number of nitrogens with zero attached hydrogens (tertiary/aromatic N) is 4. The Kier molecular flexibility index (Phi) is 11.8. The number of piperidine rings is 2. The van der Waals surface area contributed by atoms with Gasteiger partial charge >= 0.3 is 5.97 Å². The predicted molar refractivity (Wildman–Crippen MR) is 218 cm³/mol. The summed E-state index contributed by atoms with van der Waals surface area (Å²) in [5, 5.41) is 3.00. The summed E-state index contributed by atoms with van der Waals surface area (Å²) >= 11 is 5.74. The van der Waals surface area contributed by atoms with Gasteiger partial charge in [0.2, 0.25) is 0 Å². The van der Waals surface area contributed by atoms with E-state index in [1.807, 2.05) is 19.1 Å². The highest BCUT2D eigenvalue weighted by Gasteiger charge is 2.56. The molecule has 11 nitrogen and oxygen atoms in total. The minimum atomic E-state index is -1.28. The van der Waals surface area contributed by atoms with E-state index in [0.717, 1.165) is 68.7 Å². The first-order valence-electron chi connectivity index (χ1n) is 20.7. The number of piperazine rings is 2. The van der Waals surface area contributed by atoms with Crippen LogP contribution in [-0.4, -0.2) is 136 Å². The molecule has 6 aliphatic rings. The maximum atomic E-state index is 13.9. The SMILES string of the molecule is CC=C1/C(=C\C(C)N2C3CC2CN(C)C3)Oc2cc(N3C4CC3CN(C)C4)ccc2C12OC(=O)c1ccc(C(=O)NCCOCCOCCCCCCCl)cc12. The van der Waals surface area contributed by atoms with Crippen LogP contribution in [0.5, 0.6) is 5.75 Å². The van der Waals surface area contributed by atoms with Crippen LogP contribution in [0.1, 0.15) is 84.2 Å². The molecule has 56 heavy (non-hydrogen) atoms. The Morgan fingerprint density at radius 3 is 2.34 bits per heavy atom. The smallest absolute Gasteiger partial charge is 0.340 e. The number of unbranched alkanes of at least 4 members (excludes halogenated alkanes) is 3. The van der Waals surface area contributed by atoms with Gasteiger partial charge in [-0.2, -0.15) is 0 Å². The van der Waals surface area contributed by atoms with E-state index in [0.29, 0.717) is 91.2 Å². The zero-order valence-corrected chi connectivity index (χ0v) is 34.2. The van der Waals surface area contributed by atoms with Crippen molar-refractivity contribution < 1.29 is 28.5 Å². The summed E-state index contributed by atoms with van der Waals surface area (Å²) in [5.74, 6) is 1.42. The molecule has 0 radical (unpaired) electrons. The van der Waals surface area contributed by atoms with Crippen molar-refractivity contribution in [3.63, 3.8) is 0 Å². The molecule has 4 bridgehead atoms. The fraction of sp³-hybridized carbons (Fsp3) is 0.591. The van der Waals surface area contributed by atoms with E-state index in [-0.39, 0.29) is 11.9 Å². The van der Waals surface area contributed by atoms with Gasteiger partial charge in [0.1, 0.15) is 11.5 Å². The van der Waals surface area contributed by atoms with Gasteiger partial charge in [0.05, 0.1) is 25.4 Å². The summed E-state index contributed by atoms with van der Waals surface area (Å²) in [4.78, 5) is 37.4. The normalized spacial score (nSPS) is 28.7. The van der Waals surface area contributed by atoms with Crippen LogP contribution in [0.2, 0.25) is 0 Å². The van der Waals surface area contributed by atoms with Crippen molar-refractivity contribution in [2.45, 2.75) is 88.2 Å². The highest BCUT2D eigenvalue weighted by Crippen LogP contribution is 2.56. The number of nitrogens with one attached hydrogen (secondary N) is 1. The highest BCUT2D eigenvalue weighted by molar-refractivity contribution is 6.17. The van der Waals surface area contributed by atoms with Crippen LogP contribution in [0.25, 0.3) is 0 Å². The third-order valence-electron chi connectivity index (χ3n) is 12.7. The number of rotatable bonds is 16. The van der Waals surface area contributed by atoms with Gasteiger partial charge in [0, 0.05) is 109 Å². The molecule has 6 unspecified atom stereocenters. The van der Waals surface area contributed by atoms with Crippen molar-refractivity contribution in [3.05, 3.63) is 82.1 Å². The summed E-state index contributed by atoms with van der Waals surface area (Å²) < 4.78 is 24.9. The number of likely N-dealkylation sites (tertiary alicyclic amines) is 3. The van der Waals surface area contributed by atoms with E-state index in [1.165, 1.54) is 12.8 Å². The number of hydrogen-bond donors (Lipinski definition) is 1. The molecular formula is C44H58ClN5O6. The molecule has 1 amide bonds. The van der Waals surface area contributed by atoms with Crippen molar-refractivity contribution in [1.29, 1.82) is 0 Å². The van der Waals surface area contributed by atoms with E-state index < -0.39 is 11.6 Å². The lowest BCUT2D eigenvalue weighted by Gasteiger charge is -2.58. The van der Waals surface area contributed by atoms with Crippen LogP contribution >= 0.6 is 11.6 Å². The van der Waals surface area contributed by atoms with E-state index in [9.17, 15) is 9.59 Å². The van der Waals surface area contributed by atoms with E-state index in [4.69, 9.17) is 30.5 Å². The van der Waals surface area contributed by atoms with Gasteiger partial charge in [-0.05, 0) is 90.0 Å². The Morgan fingerprint density at radius 2 is 1.61 bits per heavy atom. The number of halogens is 1. The third-order valence-corrected chi connectivity index (χ3v) is 12.9. The van der Waals surface area contributed by atoms with Crippen LogP contribution < -0.4 is 15.0 Å². The molecule has 1 spiro atoms. The number of allylic oxidation sites excluding steroid dienone is 1. The van der Waals surface area contributed by atoms with Gasteiger partial charge in [-0.15, -0.1) is 11.6 Å². The van der Waals surface area contributed by atoms with Gasteiger partial charge in [-0.25, -0.2) is 4.79 Å². The minimum Gasteiger partial charge on any atom is -0.457 e. The van der Waals surface area contributed by atoms with Crippen LogP contribution in [0.3, 0.4) is 0 Å². The number of carbonyl (C=O) groups is 2. The first-order valence-corrected chi connectivity index (χ1v) is 21.3. The lowest BCUT2D eigenvalue weighted by molar-refractivity contribution is -0.0745. The molecule has 12 heteroatoms. The average molecular weight is 788 g/mol. The minimum absolute atomic E-state index is 0.109. The van der Waals surface area contributed by atoms with Crippen LogP contribution in [-0.2, 0) is 19.8 Å². The zero-order valence-electron chi connectivity index (χ0n) is 33.4. The van der Waals surface area contributed by atoms with Gasteiger partial charge in [-0.3, -0.25) is 9.69 Å². The Morgan fingerprint density at radius 1 is 0.911 bits per heavy atom. The molecule has 4 fully saturated rings. The molecule has 8 rings (SSSR count). The van der Waals surface area contributed by atoms with Gasteiger partial charge < -0.3 is 39.0 Å². The largest absolute Gasteiger partial charge is 0.457 e. The lowest BCUT2D eigenvalue weighted by Crippen LogP contribution is -2.69. The fourth-order valence-electron chi connectivity index (χ4n) is 10.2. The summed E-state index contributed by atoms with van der Waals surface area (Å²) in [5.41, 5.74) is 2.93. The Bertz CT molecular complexity index is 1830. The number of esters is 1. The second-order valence-corrected chi connectivity index (χ2v) is 16.9. The Labute approximate surface area is 336 Å². The highest BCUT2D eigenvalue weighted by atomic mass is 35.5. The standard InChI is InChI=1S/C44H58ClN5O6/c1-5-37-40(20-29(2)49-32-22-33(49)26-47(3)25-32)55-41-24-31(50-34-23-35(50)28-48(4)27-34)11-13-38(41)44(37)39-21-30(10-12-36(39)43(52)56-44)42(51)46-15-17-54-19-18-53-16-9-7-6-8-14-45/h5,10-13,20-21,24,29,32-35H,6-9,14-19,22-23,25-28H2,1-4H3,(H,46,51)/b37-5?,40-20+. The second-order valence-electron chi connectivity index (χ2n) is 16.6. The van der Waals surface area contributed by atoms with E-state index in [2.05, 4.69) is 70.2 Å². The maximum absolute atomic E-state index is 13.9. The quantitative estimate of drug-likeness (QED) is 0.133. The molecule has 6 atom stereocenters. The van der Waals surface area contributed by atoms with Crippen molar-refractivity contribution in [1.82, 2.24) is 20.0 Å².